The summed E-state index contributed by atoms with van der Waals surface area (Å²) in [6.45, 7) is 6.09. The van der Waals surface area contributed by atoms with Crippen molar-refractivity contribution in [2.45, 2.75) is 26.7 Å². The Morgan fingerprint density at radius 3 is 2.60 bits per heavy atom. The molecule has 0 fully saturated rings. The van der Waals surface area contributed by atoms with Crippen molar-refractivity contribution in [3.8, 4) is 28.5 Å². The van der Waals surface area contributed by atoms with E-state index in [4.69, 9.17) is 25.7 Å². The van der Waals surface area contributed by atoms with Gasteiger partial charge < -0.3 is 14.3 Å². The van der Waals surface area contributed by atoms with Crippen LogP contribution in [0.15, 0.2) is 81.0 Å². The summed E-state index contributed by atoms with van der Waals surface area (Å²) in [6, 6.07) is 19.1. The molecule has 2 heterocycles. The normalized spacial score (nSPS) is 11.6. The molecule has 40 heavy (non-hydrogen) atoms. The number of ether oxygens (including phenoxy) is 1. The molecule has 0 unspecified atom stereocenters. The number of aryl methyl sites for hydroxylation is 1. The quantitative estimate of drug-likeness (QED) is 0.217. The summed E-state index contributed by atoms with van der Waals surface area (Å²) in [5, 5.41) is 14.3. The van der Waals surface area contributed by atoms with Crippen LogP contribution in [0.3, 0.4) is 0 Å². The molecule has 0 spiro atoms. The van der Waals surface area contributed by atoms with Crippen molar-refractivity contribution in [2.75, 3.05) is 7.11 Å². The monoisotopic (exact) mass is 555 g/mol. The standard InChI is InChI=1S/C31H26ClN3O5/c1-17(2)23-15-24(18(3)13-28(23)39-4)29-34-26-8-6-5-7-22(26)30(36)35(29)33-16-20-10-12-27(40-20)19-9-11-21(31(37)38)25(32)14-19/h5-17H,1-4H3,(H,37,38). The van der Waals surface area contributed by atoms with E-state index >= 15 is 0 Å². The van der Waals surface area contributed by atoms with E-state index in [9.17, 15) is 14.7 Å². The Morgan fingerprint density at radius 1 is 1.12 bits per heavy atom. The fourth-order valence-electron chi connectivity index (χ4n) is 4.51. The lowest BCUT2D eigenvalue weighted by molar-refractivity contribution is 0.0697. The predicted molar refractivity (Wildman–Crippen MR) is 156 cm³/mol. The van der Waals surface area contributed by atoms with Crippen LogP contribution in [0, 0.1) is 6.92 Å². The molecule has 0 bridgehead atoms. The number of halogens is 1. The van der Waals surface area contributed by atoms with Gasteiger partial charge in [-0.15, -0.1) is 0 Å². The summed E-state index contributed by atoms with van der Waals surface area (Å²) in [5.41, 5.74) is 3.49. The van der Waals surface area contributed by atoms with Crippen molar-refractivity contribution in [1.82, 2.24) is 9.66 Å². The highest BCUT2D eigenvalue weighted by atomic mass is 35.5. The minimum absolute atomic E-state index is 0.00363. The lowest BCUT2D eigenvalue weighted by Gasteiger charge is -2.17. The molecule has 0 aliphatic rings. The maximum atomic E-state index is 13.6. The Kier molecular flexibility index (Phi) is 7.28. The number of aromatic nitrogens is 2. The van der Waals surface area contributed by atoms with Gasteiger partial charge >= 0.3 is 5.97 Å². The molecule has 5 aromatic rings. The second kappa shape index (κ2) is 10.8. The Balaban J connectivity index is 1.62. The van der Waals surface area contributed by atoms with Crippen LogP contribution in [-0.4, -0.2) is 34.1 Å². The Labute approximate surface area is 235 Å². The molecule has 0 atom stereocenters. The van der Waals surface area contributed by atoms with Gasteiger partial charge in [-0.1, -0.05) is 43.6 Å². The van der Waals surface area contributed by atoms with E-state index in [0.717, 1.165) is 22.4 Å². The highest BCUT2D eigenvalue weighted by molar-refractivity contribution is 6.33. The molecule has 0 aliphatic heterocycles. The molecule has 2 aromatic heterocycles. The second-order valence-electron chi connectivity index (χ2n) is 9.58. The van der Waals surface area contributed by atoms with Gasteiger partial charge in [-0.3, -0.25) is 4.79 Å². The third-order valence-electron chi connectivity index (χ3n) is 6.60. The summed E-state index contributed by atoms with van der Waals surface area (Å²) in [5.74, 6) is 1.09. The van der Waals surface area contributed by atoms with E-state index in [-0.39, 0.29) is 22.1 Å². The number of carbonyl (C=O) groups is 1. The van der Waals surface area contributed by atoms with Crippen LogP contribution in [0.4, 0.5) is 0 Å². The maximum absolute atomic E-state index is 13.6. The molecule has 1 N–H and O–H groups in total. The zero-order valence-electron chi connectivity index (χ0n) is 22.3. The summed E-state index contributed by atoms with van der Waals surface area (Å²) >= 11 is 6.12. The molecular weight excluding hydrogens is 530 g/mol. The van der Waals surface area contributed by atoms with Gasteiger partial charge in [0.25, 0.3) is 5.56 Å². The van der Waals surface area contributed by atoms with Gasteiger partial charge in [-0.2, -0.15) is 9.78 Å². The first-order valence-corrected chi connectivity index (χ1v) is 12.9. The number of carboxylic acid groups (broad SMARTS) is 1. The molecule has 8 nitrogen and oxygen atoms in total. The van der Waals surface area contributed by atoms with Crippen LogP contribution in [0.5, 0.6) is 5.75 Å². The average molecular weight is 556 g/mol. The number of methoxy groups -OCH3 is 1. The Morgan fingerprint density at radius 2 is 1.90 bits per heavy atom. The van der Waals surface area contributed by atoms with E-state index in [0.29, 0.717) is 33.8 Å². The molecule has 9 heteroatoms. The van der Waals surface area contributed by atoms with Crippen LogP contribution in [0.1, 0.15) is 47.0 Å². The van der Waals surface area contributed by atoms with Crippen LogP contribution in [0.25, 0.3) is 33.6 Å². The van der Waals surface area contributed by atoms with E-state index in [1.807, 2.05) is 25.1 Å². The van der Waals surface area contributed by atoms with Crippen molar-refractivity contribution in [1.29, 1.82) is 0 Å². The zero-order valence-corrected chi connectivity index (χ0v) is 23.1. The number of para-hydroxylation sites is 1. The SMILES string of the molecule is COc1cc(C)c(-c2nc3ccccc3c(=O)n2N=Cc2ccc(-c3ccc(C(=O)O)c(Cl)c3)o2)cc1C(C)C. The first-order chi connectivity index (χ1) is 19.2. The van der Waals surface area contributed by atoms with Crippen LogP contribution in [0.2, 0.25) is 5.02 Å². The highest BCUT2D eigenvalue weighted by Crippen LogP contribution is 2.34. The van der Waals surface area contributed by atoms with Crippen molar-refractivity contribution in [2.24, 2.45) is 5.10 Å². The summed E-state index contributed by atoms with van der Waals surface area (Å²) in [7, 11) is 1.64. The van der Waals surface area contributed by atoms with Crippen LogP contribution >= 0.6 is 11.6 Å². The minimum Gasteiger partial charge on any atom is -0.496 e. The number of nitrogens with zero attached hydrogens (tertiary/aromatic N) is 3. The fraction of sp³-hybridized carbons (Fsp3) is 0.161. The molecule has 0 radical (unpaired) electrons. The number of hydrogen-bond donors (Lipinski definition) is 1. The Hall–Kier alpha value is -4.69. The predicted octanol–water partition coefficient (Wildman–Crippen LogP) is 7.00. The smallest absolute Gasteiger partial charge is 0.337 e. The lowest BCUT2D eigenvalue weighted by Crippen LogP contribution is -2.20. The fourth-order valence-corrected chi connectivity index (χ4v) is 4.77. The summed E-state index contributed by atoms with van der Waals surface area (Å²) in [6.07, 6.45) is 1.44. The number of benzene rings is 3. The van der Waals surface area contributed by atoms with Gasteiger partial charge in [0.05, 0.1) is 34.8 Å². The molecule has 0 saturated heterocycles. The van der Waals surface area contributed by atoms with Gasteiger partial charge in [0.15, 0.2) is 5.82 Å². The van der Waals surface area contributed by atoms with Gasteiger partial charge in [0.2, 0.25) is 0 Å². The zero-order chi connectivity index (χ0) is 28.6. The number of carboxylic acids is 1. The van der Waals surface area contributed by atoms with Gasteiger partial charge in [0.1, 0.15) is 17.3 Å². The van der Waals surface area contributed by atoms with Crippen LogP contribution in [-0.2, 0) is 0 Å². The van der Waals surface area contributed by atoms with E-state index in [1.165, 1.54) is 23.0 Å². The molecule has 3 aromatic carbocycles. The minimum atomic E-state index is -1.11. The summed E-state index contributed by atoms with van der Waals surface area (Å²) < 4.78 is 12.8. The molecule has 0 saturated carbocycles. The molecular formula is C31H26ClN3O5. The number of rotatable bonds is 7. The molecule has 202 valence electrons. The number of aromatic carboxylic acids is 1. The van der Waals surface area contributed by atoms with Crippen molar-refractivity contribution in [3.63, 3.8) is 0 Å². The first kappa shape index (κ1) is 26.9. The number of furan rings is 1. The summed E-state index contributed by atoms with van der Waals surface area (Å²) in [4.78, 5) is 29.7. The van der Waals surface area contributed by atoms with E-state index in [2.05, 4.69) is 18.9 Å². The van der Waals surface area contributed by atoms with E-state index < -0.39 is 5.97 Å². The first-order valence-electron chi connectivity index (χ1n) is 12.6. The average Bonchev–Trinajstić information content (AvgIpc) is 3.41. The van der Waals surface area contributed by atoms with Crippen LogP contribution < -0.4 is 10.3 Å². The lowest BCUT2D eigenvalue weighted by atomic mass is 9.96. The number of fused-ring (bicyclic) bond motifs is 1. The van der Waals surface area contributed by atoms with E-state index in [1.54, 1.807) is 43.5 Å². The van der Waals surface area contributed by atoms with Crippen molar-refractivity contribution >= 4 is 34.7 Å². The van der Waals surface area contributed by atoms with Crippen molar-refractivity contribution in [3.05, 3.63) is 105 Å². The number of hydrogen-bond acceptors (Lipinski definition) is 6. The van der Waals surface area contributed by atoms with Gasteiger partial charge in [0, 0.05) is 11.1 Å². The third kappa shape index (κ3) is 5.01. The highest BCUT2D eigenvalue weighted by Gasteiger charge is 2.18. The molecule has 0 amide bonds. The molecule has 5 rings (SSSR count). The topological polar surface area (TPSA) is 107 Å². The third-order valence-corrected chi connectivity index (χ3v) is 6.92. The largest absolute Gasteiger partial charge is 0.496 e. The molecule has 0 aliphatic carbocycles. The van der Waals surface area contributed by atoms with Crippen molar-refractivity contribution < 1.29 is 19.1 Å². The Bertz CT molecular complexity index is 1850. The van der Waals surface area contributed by atoms with Gasteiger partial charge in [-0.25, -0.2) is 9.78 Å². The van der Waals surface area contributed by atoms with Gasteiger partial charge in [-0.05, 0) is 72.5 Å². The maximum Gasteiger partial charge on any atom is 0.337 e. The second-order valence-corrected chi connectivity index (χ2v) is 9.99.